The zero-order chi connectivity index (χ0) is 10.8. The Bertz CT molecular complexity index is 467. The van der Waals surface area contributed by atoms with Crippen molar-refractivity contribution < 1.29 is 4.79 Å². The van der Waals surface area contributed by atoms with Gasteiger partial charge in [-0.05, 0) is 12.1 Å². The van der Waals surface area contributed by atoms with E-state index in [9.17, 15) is 4.79 Å². The molecule has 2 aromatic rings. The molecule has 0 saturated heterocycles. The lowest BCUT2D eigenvalue weighted by atomic mass is 10.3. The van der Waals surface area contributed by atoms with Crippen LogP contribution in [0, 0.1) is 0 Å². The Morgan fingerprint density at radius 1 is 1.50 bits per heavy atom. The summed E-state index contributed by atoms with van der Waals surface area (Å²) in [6.45, 7) is 0.00637. The minimum Gasteiger partial charge on any atom is -0.322 e. The van der Waals surface area contributed by atoms with Gasteiger partial charge in [0.15, 0.2) is 5.13 Å². The second-order valence-electron chi connectivity index (χ2n) is 3.12. The molecular weight excluding hydrogens is 246 g/mol. The molecule has 0 spiro atoms. The molecule has 0 fully saturated rings. The monoisotopic (exact) mass is 257 g/mol. The number of aromatic nitrogens is 1. The van der Waals surface area contributed by atoms with E-state index in [1.54, 1.807) is 7.05 Å². The van der Waals surface area contributed by atoms with Crippen molar-refractivity contribution in [3.8, 4) is 0 Å². The van der Waals surface area contributed by atoms with Crippen LogP contribution in [0.25, 0.3) is 10.2 Å². The lowest BCUT2D eigenvalue weighted by molar-refractivity contribution is -0.117. The zero-order valence-corrected chi connectivity index (χ0v) is 10.3. The van der Waals surface area contributed by atoms with E-state index in [2.05, 4.69) is 4.98 Å². The molecule has 0 atom stereocenters. The molecule has 0 aliphatic carbocycles. The zero-order valence-electron chi connectivity index (χ0n) is 8.71. The summed E-state index contributed by atoms with van der Waals surface area (Å²) in [7, 11) is 1.69. The van der Waals surface area contributed by atoms with Gasteiger partial charge in [0.1, 0.15) is 0 Å². The van der Waals surface area contributed by atoms with E-state index in [4.69, 9.17) is 5.73 Å². The first-order chi connectivity index (χ1) is 7.22. The van der Waals surface area contributed by atoms with Crippen molar-refractivity contribution in [2.75, 3.05) is 18.5 Å². The van der Waals surface area contributed by atoms with Crippen LogP contribution in [0.15, 0.2) is 24.3 Å². The molecule has 1 amide bonds. The van der Waals surface area contributed by atoms with Gasteiger partial charge in [-0.3, -0.25) is 9.69 Å². The summed E-state index contributed by atoms with van der Waals surface area (Å²) in [5.74, 6) is -0.131. The van der Waals surface area contributed by atoms with Crippen LogP contribution < -0.4 is 10.6 Å². The summed E-state index contributed by atoms with van der Waals surface area (Å²) in [5, 5.41) is 0.687. The van der Waals surface area contributed by atoms with Crippen LogP contribution in [0.3, 0.4) is 0 Å². The average Bonchev–Trinajstić information content (AvgIpc) is 2.70. The highest BCUT2D eigenvalue weighted by atomic mass is 35.5. The van der Waals surface area contributed by atoms with Crippen molar-refractivity contribution in [1.82, 2.24) is 4.98 Å². The Labute approximate surface area is 103 Å². The molecule has 0 radical (unpaired) electrons. The van der Waals surface area contributed by atoms with Crippen LogP contribution in [-0.2, 0) is 4.79 Å². The van der Waals surface area contributed by atoms with Crippen molar-refractivity contribution >= 4 is 45.0 Å². The summed E-state index contributed by atoms with van der Waals surface area (Å²) in [5.41, 5.74) is 6.20. The minimum absolute atomic E-state index is 0. The molecule has 16 heavy (non-hydrogen) atoms. The number of fused-ring (bicyclic) bond motifs is 1. The van der Waals surface area contributed by atoms with Gasteiger partial charge in [-0.2, -0.15) is 0 Å². The number of carbonyl (C=O) groups excluding carboxylic acids is 1. The van der Waals surface area contributed by atoms with E-state index < -0.39 is 0 Å². The molecule has 4 nitrogen and oxygen atoms in total. The largest absolute Gasteiger partial charge is 0.322 e. The second-order valence-corrected chi connectivity index (χ2v) is 4.13. The molecule has 6 heteroatoms. The van der Waals surface area contributed by atoms with Gasteiger partial charge in [-0.15, -0.1) is 12.4 Å². The van der Waals surface area contributed by atoms with Crippen LogP contribution in [0.2, 0.25) is 0 Å². The number of para-hydroxylation sites is 1. The minimum atomic E-state index is -0.131. The third-order valence-electron chi connectivity index (χ3n) is 2.12. The number of likely N-dealkylation sites (N-methyl/N-ethyl adjacent to an activating group) is 1. The van der Waals surface area contributed by atoms with E-state index in [1.807, 2.05) is 24.3 Å². The van der Waals surface area contributed by atoms with E-state index in [1.165, 1.54) is 16.2 Å². The highest BCUT2D eigenvalue weighted by Crippen LogP contribution is 2.27. The van der Waals surface area contributed by atoms with Crippen molar-refractivity contribution in [1.29, 1.82) is 0 Å². The van der Waals surface area contributed by atoms with Crippen LogP contribution in [0.1, 0.15) is 0 Å². The summed E-state index contributed by atoms with van der Waals surface area (Å²) >= 11 is 1.49. The number of nitrogens with two attached hydrogens (primary N) is 1. The van der Waals surface area contributed by atoms with Crippen molar-refractivity contribution in [2.45, 2.75) is 0 Å². The van der Waals surface area contributed by atoms with Gasteiger partial charge < -0.3 is 5.73 Å². The maximum absolute atomic E-state index is 11.4. The normalized spacial score (nSPS) is 9.88. The number of thiazole rings is 1. The molecule has 0 unspecified atom stereocenters. The third kappa shape index (κ3) is 2.32. The van der Waals surface area contributed by atoms with Crippen molar-refractivity contribution in [3.63, 3.8) is 0 Å². The number of hydrogen-bond donors (Lipinski definition) is 1. The number of nitrogens with zero attached hydrogens (tertiary/aromatic N) is 2. The molecule has 0 bridgehead atoms. The van der Waals surface area contributed by atoms with Crippen LogP contribution in [0.4, 0.5) is 5.13 Å². The molecule has 1 aromatic carbocycles. The molecule has 0 aliphatic rings. The standard InChI is InChI=1S/C10H11N3OS.ClH/c1-13(9(14)6-11)10-12-7-4-2-3-5-8(7)15-10;/h2-5H,6,11H2,1H3;1H. The highest BCUT2D eigenvalue weighted by Gasteiger charge is 2.13. The van der Waals surface area contributed by atoms with E-state index in [0.717, 1.165) is 10.2 Å². The maximum Gasteiger partial charge on any atom is 0.242 e. The number of carbonyl (C=O) groups is 1. The fourth-order valence-electron chi connectivity index (χ4n) is 1.25. The third-order valence-corrected chi connectivity index (χ3v) is 3.23. The molecule has 2 rings (SSSR count). The quantitative estimate of drug-likeness (QED) is 0.890. The predicted octanol–water partition coefficient (Wildman–Crippen LogP) is 1.64. The molecule has 2 N–H and O–H groups in total. The first-order valence-corrected chi connectivity index (χ1v) is 5.36. The van der Waals surface area contributed by atoms with Gasteiger partial charge in [0.2, 0.25) is 5.91 Å². The summed E-state index contributed by atoms with van der Waals surface area (Å²) in [6.07, 6.45) is 0. The van der Waals surface area contributed by atoms with Gasteiger partial charge in [0.05, 0.1) is 16.8 Å². The summed E-state index contributed by atoms with van der Waals surface area (Å²) in [6, 6.07) is 7.79. The lowest BCUT2D eigenvalue weighted by Gasteiger charge is -2.11. The fraction of sp³-hybridized carbons (Fsp3) is 0.200. The molecule has 1 heterocycles. The number of anilines is 1. The van der Waals surface area contributed by atoms with Crippen LogP contribution in [-0.4, -0.2) is 24.5 Å². The van der Waals surface area contributed by atoms with Gasteiger partial charge in [-0.1, -0.05) is 23.5 Å². The Balaban J connectivity index is 0.00000128. The maximum atomic E-state index is 11.4. The SMILES string of the molecule is CN(C(=O)CN)c1nc2ccccc2s1.Cl. The van der Waals surface area contributed by atoms with E-state index in [0.29, 0.717) is 5.13 Å². The number of amides is 1. The van der Waals surface area contributed by atoms with Gasteiger partial charge in [0, 0.05) is 7.05 Å². The molecule has 0 aliphatic heterocycles. The number of rotatable bonds is 2. The number of halogens is 1. The summed E-state index contributed by atoms with van der Waals surface area (Å²) < 4.78 is 1.07. The molecular formula is C10H12ClN3OS. The molecule has 86 valence electrons. The van der Waals surface area contributed by atoms with Crippen LogP contribution in [0.5, 0.6) is 0 Å². The van der Waals surface area contributed by atoms with Gasteiger partial charge in [0.25, 0.3) is 0 Å². The molecule has 1 aromatic heterocycles. The lowest BCUT2D eigenvalue weighted by Crippen LogP contribution is -2.32. The Morgan fingerprint density at radius 3 is 2.81 bits per heavy atom. The predicted molar refractivity (Wildman–Crippen MR) is 69.3 cm³/mol. The summed E-state index contributed by atoms with van der Waals surface area (Å²) in [4.78, 5) is 17.2. The van der Waals surface area contributed by atoms with Crippen LogP contribution >= 0.6 is 23.7 Å². The average molecular weight is 258 g/mol. The van der Waals surface area contributed by atoms with Gasteiger partial charge in [-0.25, -0.2) is 4.98 Å². The first kappa shape index (κ1) is 12.9. The first-order valence-electron chi connectivity index (χ1n) is 4.54. The Morgan fingerprint density at radius 2 is 2.19 bits per heavy atom. The van der Waals surface area contributed by atoms with Gasteiger partial charge >= 0.3 is 0 Å². The topological polar surface area (TPSA) is 59.2 Å². The highest BCUT2D eigenvalue weighted by molar-refractivity contribution is 7.22. The Hall–Kier alpha value is -1.17. The van der Waals surface area contributed by atoms with Crippen molar-refractivity contribution in [2.24, 2.45) is 5.73 Å². The molecule has 0 saturated carbocycles. The fourth-order valence-corrected chi connectivity index (χ4v) is 2.19. The van der Waals surface area contributed by atoms with Crippen molar-refractivity contribution in [3.05, 3.63) is 24.3 Å². The Kier molecular flexibility index (Phi) is 4.23. The number of benzene rings is 1. The second kappa shape index (κ2) is 5.25. The smallest absolute Gasteiger partial charge is 0.242 e. The van der Waals surface area contributed by atoms with E-state index >= 15 is 0 Å². The van der Waals surface area contributed by atoms with E-state index in [-0.39, 0.29) is 24.9 Å². The number of hydrogen-bond acceptors (Lipinski definition) is 4.